The molecule has 0 bridgehead atoms. The van der Waals surface area contributed by atoms with Gasteiger partial charge in [0, 0.05) is 11.8 Å². The first-order valence-electron chi connectivity index (χ1n) is 5.04. The van der Waals surface area contributed by atoms with Gasteiger partial charge < -0.3 is 4.42 Å². The molecule has 1 aromatic heterocycles. The fourth-order valence-corrected chi connectivity index (χ4v) is 2.31. The van der Waals surface area contributed by atoms with Crippen LogP contribution in [0.3, 0.4) is 0 Å². The van der Waals surface area contributed by atoms with Gasteiger partial charge in [-0.05, 0) is 18.6 Å². The van der Waals surface area contributed by atoms with Crippen molar-refractivity contribution in [3.63, 3.8) is 0 Å². The van der Waals surface area contributed by atoms with Crippen molar-refractivity contribution in [1.29, 1.82) is 0 Å². The number of thioether (sulfide) groups is 1. The summed E-state index contributed by atoms with van der Waals surface area (Å²) < 4.78 is 5.18. The third-order valence-electron chi connectivity index (χ3n) is 2.17. The highest BCUT2D eigenvalue weighted by Crippen LogP contribution is 2.28. The van der Waals surface area contributed by atoms with E-state index in [9.17, 15) is 10.1 Å². The highest BCUT2D eigenvalue weighted by molar-refractivity contribution is 7.98. The Bertz CT molecular complexity index is 585. The summed E-state index contributed by atoms with van der Waals surface area (Å²) in [5.74, 6) is 0.540. The maximum Gasteiger partial charge on any atom is 0.288 e. The van der Waals surface area contributed by atoms with E-state index >= 15 is 0 Å². The van der Waals surface area contributed by atoms with Gasteiger partial charge in [0.05, 0.1) is 10.6 Å². The van der Waals surface area contributed by atoms with E-state index in [0.29, 0.717) is 11.0 Å². The van der Waals surface area contributed by atoms with Crippen LogP contribution in [0, 0.1) is 17.0 Å². The molecule has 18 heavy (non-hydrogen) atoms. The Hall–Kier alpha value is -1.53. The van der Waals surface area contributed by atoms with Gasteiger partial charge in [-0.3, -0.25) is 10.1 Å². The van der Waals surface area contributed by atoms with Crippen LogP contribution in [-0.2, 0) is 5.75 Å². The average Bonchev–Trinajstić information content (AvgIpc) is 2.74. The first-order chi connectivity index (χ1) is 8.56. The fourth-order valence-electron chi connectivity index (χ4n) is 1.33. The van der Waals surface area contributed by atoms with Crippen LogP contribution in [0.25, 0.3) is 0 Å². The Morgan fingerprint density at radius 2 is 2.33 bits per heavy atom. The van der Waals surface area contributed by atoms with Crippen molar-refractivity contribution in [2.75, 3.05) is 0 Å². The maximum absolute atomic E-state index is 10.7. The Labute approximate surface area is 112 Å². The van der Waals surface area contributed by atoms with E-state index in [2.05, 4.69) is 4.98 Å². The number of benzene rings is 1. The van der Waals surface area contributed by atoms with Gasteiger partial charge in [0.15, 0.2) is 0 Å². The van der Waals surface area contributed by atoms with E-state index in [1.807, 2.05) is 6.92 Å². The second kappa shape index (κ2) is 5.41. The molecule has 0 aliphatic carbocycles. The number of nitro benzene ring substituents is 1. The molecule has 2 rings (SSSR count). The molecule has 0 amide bonds. The summed E-state index contributed by atoms with van der Waals surface area (Å²) in [4.78, 5) is 14.4. The van der Waals surface area contributed by atoms with Gasteiger partial charge in [0.2, 0.25) is 0 Å². The summed E-state index contributed by atoms with van der Waals surface area (Å²) in [6, 6.07) is 4.74. The number of aromatic nitrogens is 1. The molecule has 7 heteroatoms. The Morgan fingerprint density at radius 3 is 2.94 bits per heavy atom. The van der Waals surface area contributed by atoms with Gasteiger partial charge in [0.25, 0.3) is 10.9 Å². The molecular weight excluding hydrogens is 276 g/mol. The molecule has 0 N–H and O–H groups in total. The number of rotatable bonds is 4. The summed E-state index contributed by atoms with van der Waals surface area (Å²) in [6.45, 7) is 1.83. The molecule has 0 spiro atoms. The third kappa shape index (κ3) is 3.02. The largest absolute Gasteiger partial charge is 0.440 e. The predicted molar refractivity (Wildman–Crippen MR) is 68.9 cm³/mol. The van der Waals surface area contributed by atoms with Crippen molar-refractivity contribution in [2.24, 2.45) is 0 Å². The van der Waals surface area contributed by atoms with Crippen LogP contribution in [0.1, 0.15) is 11.3 Å². The molecule has 1 aromatic carbocycles. The summed E-state index contributed by atoms with van der Waals surface area (Å²) in [5.41, 5.74) is 1.52. The SMILES string of the molecule is Cc1coc(SCc2ccc(Cl)c([N+](=O)[O-])c2)n1. The number of hydrogen-bond donors (Lipinski definition) is 0. The van der Waals surface area contributed by atoms with Crippen LogP contribution < -0.4 is 0 Å². The van der Waals surface area contributed by atoms with Crippen molar-refractivity contribution >= 4 is 29.1 Å². The first-order valence-corrected chi connectivity index (χ1v) is 6.40. The monoisotopic (exact) mass is 284 g/mol. The van der Waals surface area contributed by atoms with E-state index in [-0.39, 0.29) is 10.7 Å². The zero-order valence-corrected chi connectivity index (χ0v) is 11.0. The van der Waals surface area contributed by atoms with Gasteiger partial charge in [-0.2, -0.15) is 0 Å². The lowest BCUT2D eigenvalue weighted by Gasteiger charge is -2.00. The van der Waals surface area contributed by atoms with Crippen molar-refractivity contribution in [3.8, 4) is 0 Å². The maximum atomic E-state index is 10.7. The van der Waals surface area contributed by atoms with Gasteiger partial charge >= 0.3 is 0 Å². The quantitative estimate of drug-likeness (QED) is 0.485. The van der Waals surface area contributed by atoms with Crippen LogP contribution >= 0.6 is 23.4 Å². The van der Waals surface area contributed by atoms with Crippen LogP contribution in [-0.4, -0.2) is 9.91 Å². The Balaban J connectivity index is 2.10. The molecule has 2 aromatic rings. The number of oxazole rings is 1. The third-order valence-corrected chi connectivity index (χ3v) is 3.40. The summed E-state index contributed by atoms with van der Waals surface area (Å²) in [5, 5.41) is 11.4. The van der Waals surface area contributed by atoms with Crippen molar-refractivity contribution in [2.45, 2.75) is 17.9 Å². The van der Waals surface area contributed by atoms with E-state index in [0.717, 1.165) is 11.3 Å². The zero-order chi connectivity index (χ0) is 13.1. The molecule has 1 heterocycles. The predicted octanol–water partition coefficient (Wildman–Crippen LogP) is 3.84. The minimum absolute atomic E-state index is 0.0849. The highest BCUT2D eigenvalue weighted by Gasteiger charge is 2.13. The van der Waals surface area contributed by atoms with Crippen molar-refractivity contribution in [3.05, 3.63) is 50.9 Å². The van der Waals surface area contributed by atoms with Crippen molar-refractivity contribution < 1.29 is 9.34 Å². The van der Waals surface area contributed by atoms with Gasteiger partial charge in [-0.1, -0.05) is 29.4 Å². The summed E-state index contributed by atoms with van der Waals surface area (Å²) >= 11 is 7.11. The minimum atomic E-state index is -0.494. The highest BCUT2D eigenvalue weighted by atomic mass is 35.5. The lowest BCUT2D eigenvalue weighted by atomic mass is 10.2. The number of nitro groups is 1. The fraction of sp³-hybridized carbons (Fsp3) is 0.182. The second-order valence-corrected chi connectivity index (χ2v) is 4.92. The molecule has 94 valence electrons. The van der Waals surface area contributed by atoms with Crippen LogP contribution in [0.15, 0.2) is 34.1 Å². The second-order valence-electron chi connectivity index (χ2n) is 3.59. The molecule has 0 saturated carbocycles. The van der Waals surface area contributed by atoms with Crippen LogP contribution in [0.4, 0.5) is 5.69 Å². The number of halogens is 1. The molecule has 0 aliphatic rings. The van der Waals surface area contributed by atoms with E-state index in [1.165, 1.54) is 23.9 Å². The zero-order valence-electron chi connectivity index (χ0n) is 9.42. The number of aryl methyl sites for hydroxylation is 1. The van der Waals surface area contributed by atoms with Crippen LogP contribution in [0.5, 0.6) is 0 Å². The topological polar surface area (TPSA) is 69.2 Å². The summed E-state index contributed by atoms with van der Waals surface area (Å²) in [7, 11) is 0. The first kappa shape index (κ1) is 12.9. The molecule has 0 radical (unpaired) electrons. The molecular formula is C11H9ClN2O3S. The minimum Gasteiger partial charge on any atom is -0.440 e. The van der Waals surface area contributed by atoms with Crippen LogP contribution in [0.2, 0.25) is 5.02 Å². The van der Waals surface area contributed by atoms with Gasteiger partial charge in [-0.25, -0.2) is 4.98 Å². The molecule has 0 fully saturated rings. The lowest BCUT2D eigenvalue weighted by Crippen LogP contribution is -1.91. The summed E-state index contributed by atoms with van der Waals surface area (Å²) in [6.07, 6.45) is 1.56. The smallest absolute Gasteiger partial charge is 0.288 e. The van der Waals surface area contributed by atoms with Gasteiger partial charge in [-0.15, -0.1) is 0 Å². The molecule has 5 nitrogen and oxygen atoms in total. The number of nitrogens with zero attached hydrogens (tertiary/aromatic N) is 2. The van der Waals surface area contributed by atoms with Gasteiger partial charge in [0.1, 0.15) is 11.3 Å². The lowest BCUT2D eigenvalue weighted by molar-refractivity contribution is -0.384. The standard InChI is InChI=1S/C11H9ClN2O3S/c1-7-5-17-11(13-7)18-6-8-2-3-9(12)10(4-8)14(15)16/h2-5H,6H2,1H3. The van der Waals surface area contributed by atoms with E-state index < -0.39 is 4.92 Å². The molecule has 0 aliphatic heterocycles. The van der Waals surface area contributed by atoms with E-state index in [4.69, 9.17) is 16.0 Å². The molecule has 0 atom stereocenters. The molecule has 0 saturated heterocycles. The number of hydrogen-bond acceptors (Lipinski definition) is 5. The Morgan fingerprint density at radius 1 is 1.56 bits per heavy atom. The molecule has 0 unspecified atom stereocenters. The van der Waals surface area contributed by atoms with E-state index in [1.54, 1.807) is 12.3 Å². The van der Waals surface area contributed by atoms with Crippen molar-refractivity contribution in [1.82, 2.24) is 4.98 Å². The average molecular weight is 285 g/mol. The Kier molecular flexibility index (Phi) is 3.88. The normalized spacial score (nSPS) is 10.6.